The monoisotopic (exact) mass is 408 g/mol. The Morgan fingerprint density at radius 2 is 1.80 bits per heavy atom. The molecule has 4 nitrogen and oxygen atoms in total. The quantitative estimate of drug-likeness (QED) is 0.380. The number of hydrogen-bond acceptors (Lipinski definition) is 3. The highest BCUT2D eigenvalue weighted by molar-refractivity contribution is 6.18. The highest BCUT2D eigenvalue weighted by Crippen LogP contribution is 2.34. The average molecular weight is 408 g/mol. The summed E-state index contributed by atoms with van der Waals surface area (Å²) in [6.45, 7) is 1.86. The Bertz CT molecular complexity index is 1520. The summed E-state index contributed by atoms with van der Waals surface area (Å²) in [7, 11) is 0. The number of halogens is 3. The number of hydrogen-bond donors (Lipinski definition) is 0. The molecule has 0 atom stereocenters. The van der Waals surface area contributed by atoms with Gasteiger partial charge in [0.2, 0.25) is 5.71 Å². The van der Waals surface area contributed by atoms with Gasteiger partial charge in [-0.3, -0.25) is 0 Å². The lowest BCUT2D eigenvalue weighted by Gasteiger charge is -2.09. The zero-order valence-corrected chi connectivity index (χ0v) is 15.9. The van der Waals surface area contributed by atoms with Crippen LogP contribution in [0.2, 0.25) is 0 Å². The van der Waals surface area contributed by atoms with Gasteiger partial charge in [-0.05, 0) is 42.3 Å². The highest BCUT2D eigenvalue weighted by Gasteiger charge is 2.20. The minimum atomic E-state index is -1.26. The number of aromatic nitrogens is 2. The van der Waals surface area contributed by atoms with Crippen LogP contribution in [0.3, 0.4) is 0 Å². The van der Waals surface area contributed by atoms with Crippen LogP contribution in [0.15, 0.2) is 57.9 Å². The maximum atomic E-state index is 14.4. The molecule has 0 aliphatic heterocycles. The van der Waals surface area contributed by atoms with E-state index in [2.05, 4.69) is 4.98 Å². The third-order valence-corrected chi connectivity index (χ3v) is 5.38. The molecule has 0 spiro atoms. The van der Waals surface area contributed by atoms with E-state index in [1.54, 1.807) is 16.7 Å². The Morgan fingerprint density at radius 1 is 1.00 bits per heavy atom. The number of pyridine rings is 1. The van der Waals surface area contributed by atoms with Gasteiger partial charge in [-0.1, -0.05) is 13.0 Å². The molecular formula is C23H15F3N2O2. The summed E-state index contributed by atoms with van der Waals surface area (Å²) < 4.78 is 48.5. The third kappa shape index (κ3) is 2.69. The van der Waals surface area contributed by atoms with Crippen LogP contribution in [0.5, 0.6) is 0 Å². The standard InChI is InChI=1S/C23H15F3N2O2/c1-2-12-5-6-19-15(8-12)20-14-4-3-7-27-22(14)30-23(29)21(20)28(19)11-13-9-17(25)18(26)10-16(13)24/h3-10H,2,11H2,1H3. The predicted molar refractivity (Wildman–Crippen MR) is 108 cm³/mol. The van der Waals surface area contributed by atoms with E-state index >= 15 is 0 Å². The fraction of sp³-hybridized carbons (Fsp3) is 0.130. The lowest BCUT2D eigenvalue weighted by atomic mass is 10.1. The second-order valence-corrected chi connectivity index (χ2v) is 7.12. The van der Waals surface area contributed by atoms with Crippen molar-refractivity contribution in [2.24, 2.45) is 0 Å². The molecule has 0 saturated carbocycles. The maximum absolute atomic E-state index is 14.4. The van der Waals surface area contributed by atoms with Crippen LogP contribution < -0.4 is 5.63 Å². The van der Waals surface area contributed by atoms with E-state index in [0.717, 1.165) is 23.4 Å². The molecular weight excluding hydrogens is 393 g/mol. The molecule has 0 aliphatic carbocycles. The first-order valence-electron chi connectivity index (χ1n) is 9.44. The Kier molecular flexibility index (Phi) is 4.13. The number of fused-ring (bicyclic) bond motifs is 5. The van der Waals surface area contributed by atoms with Gasteiger partial charge in [0.25, 0.3) is 0 Å². The van der Waals surface area contributed by atoms with Crippen molar-refractivity contribution in [1.29, 1.82) is 0 Å². The second kappa shape index (κ2) is 6.73. The molecule has 0 N–H and O–H groups in total. The van der Waals surface area contributed by atoms with Gasteiger partial charge >= 0.3 is 5.63 Å². The van der Waals surface area contributed by atoms with Crippen LogP contribution in [0.25, 0.3) is 32.9 Å². The Balaban J connectivity index is 1.91. The van der Waals surface area contributed by atoms with Gasteiger partial charge in [0, 0.05) is 39.5 Å². The summed E-state index contributed by atoms with van der Waals surface area (Å²) in [6, 6.07) is 10.6. The van der Waals surface area contributed by atoms with Crippen LogP contribution in [0.4, 0.5) is 13.2 Å². The smallest absolute Gasteiger partial charge is 0.362 e. The molecule has 5 rings (SSSR count). The minimum absolute atomic E-state index is 0.0713. The normalized spacial score (nSPS) is 11.7. The Morgan fingerprint density at radius 3 is 2.60 bits per heavy atom. The first-order valence-corrected chi connectivity index (χ1v) is 9.44. The number of benzene rings is 2. The van der Waals surface area contributed by atoms with Gasteiger partial charge in [-0.25, -0.2) is 22.9 Å². The molecule has 150 valence electrons. The lowest BCUT2D eigenvalue weighted by molar-refractivity contribution is 0.488. The van der Waals surface area contributed by atoms with Crippen LogP contribution in [-0.2, 0) is 13.0 Å². The van der Waals surface area contributed by atoms with E-state index < -0.39 is 23.1 Å². The summed E-state index contributed by atoms with van der Waals surface area (Å²) in [5, 5.41) is 2.08. The number of rotatable bonds is 3. The molecule has 5 aromatic rings. The zero-order chi connectivity index (χ0) is 21.0. The Hall–Kier alpha value is -3.61. The molecule has 0 aliphatic rings. The molecule has 7 heteroatoms. The number of nitrogens with zero attached hydrogens (tertiary/aromatic N) is 2. The fourth-order valence-electron chi connectivity index (χ4n) is 3.92. The van der Waals surface area contributed by atoms with Gasteiger partial charge in [-0.2, -0.15) is 0 Å². The van der Waals surface area contributed by atoms with Crippen molar-refractivity contribution in [2.75, 3.05) is 0 Å². The van der Waals surface area contributed by atoms with Gasteiger partial charge in [0.05, 0.1) is 6.54 Å². The first-order chi connectivity index (χ1) is 14.5. The van der Waals surface area contributed by atoms with Crippen molar-refractivity contribution in [3.05, 3.63) is 87.7 Å². The van der Waals surface area contributed by atoms with Crippen molar-refractivity contribution in [3.63, 3.8) is 0 Å². The summed E-state index contributed by atoms with van der Waals surface area (Å²) in [4.78, 5) is 17.0. The van der Waals surface area contributed by atoms with Gasteiger partial charge < -0.3 is 8.98 Å². The van der Waals surface area contributed by atoms with E-state index in [1.807, 2.05) is 25.1 Å². The van der Waals surface area contributed by atoms with E-state index in [4.69, 9.17) is 4.42 Å². The summed E-state index contributed by atoms with van der Waals surface area (Å²) in [6.07, 6.45) is 2.32. The topological polar surface area (TPSA) is 48.0 Å². The van der Waals surface area contributed by atoms with E-state index in [-0.39, 0.29) is 23.3 Å². The van der Waals surface area contributed by atoms with Crippen molar-refractivity contribution in [2.45, 2.75) is 19.9 Å². The van der Waals surface area contributed by atoms with Crippen molar-refractivity contribution in [1.82, 2.24) is 9.55 Å². The van der Waals surface area contributed by atoms with Gasteiger partial charge in [0.15, 0.2) is 11.6 Å². The summed E-state index contributed by atoms with van der Waals surface area (Å²) in [5.74, 6) is -3.30. The SMILES string of the molecule is CCc1ccc2c(c1)c1c3cccnc3oc(=O)c1n2Cc1cc(F)c(F)cc1F. The molecule has 3 heterocycles. The molecule has 2 aromatic carbocycles. The van der Waals surface area contributed by atoms with Crippen molar-refractivity contribution in [3.8, 4) is 0 Å². The average Bonchev–Trinajstić information content (AvgIpc) is 3.06. The summed E-state index contributed by atoms with van der Waals surface area (Å²) in [5.41, 5.74) is 1.45. The van der Waals surface area contributed by atoms with E-state index in [0.29, 0.717) is 22.4 Å². The second-order valence-electron chi connectivity index (χ2n) is 7.12. The molecule has 30 heavy (non-hydrogen) atoms. The maximum Gasteiger partial charge on any atom is 0.362 e. The molecule has 0 fully saturated rings. The van der Waals surface area contributed by atoms with E-state index in [9.17, 15) is 18.0 Å². The summed E-state index contributed by atoms with van der Waals surface area (Å²) >= 11 is 0. The zero-order valence-electron chi connectivity index (χ0n) is 15.9. The van der Waals surface area contributed by atoms with Crippen molar-refractivity contribution < 1.29 is 17.6 Å². The van der Waals surface area contributed by atoms with Crippen LogP contribution >= 0.6 is 0 Å². The first kappa shape index (κ1) is 18.4. The van der Waals surface area contributed by atoms with Crippen LogP contribution in [0, 0.1) is 17.5 Å². The minimum Gasteiger partial charge on any atom is -0.402 e. The van der Waals surface area contributed by atoms with E-state index in [1.165, 1.54) is 6.20 Å². The Labute approximate surface area is 168 Å². The molecule has 0 unspecified atom stereocenters. The van der Waals surface area contributed by atoms with Crippen LogP contribution in [-0.4, -0.2) is 9.55 Å². The van der Waals surface area contributed by atoms with Crippen LogP contribution in [0.1, 0.15) is 18.1 Å². The lowest BCUT2D eigenvalue weighted by Crippen LogP contribution is -2.10. The third-order valence-electron chi connectivity index (χ3n) is 5.38. The molecule has 3 aromatic heterocycles. The highest BCUT2D eigenvalue weighted by atomic mass is 19.2. The van der Waals surface area contributed by atoms with Gasteiger partial charge in [0.1, 0.15) is 11.3 Å². The molecule has 0 bridgehead atoms. The number of aryl methyl sites for hydroxylation is 1. The van der Waals surface area contributed by atoms with Gasteiger partial charge in [-0.15, -0.1) is 0 Å². The molecule has 0 amide bonds. The predicted octanol–water partition coefficient (Wildman–Crippen LogP) is 5.32. The largest absolute Gasteiger partial charge is 0.402 e. The fourth-order valence-corrected chi connectivity index (χ4v) is 3.92. The van der Waals surface area contributed by atoms with Crippen molar-refractivity contribution >= 4 is 32.9 Å². The molecule has 0 saturated heterocycles. The molecule has 0 radical (unpaired) electrons.